The monoisotopic (exact) mass is 239 g/mol. The molecule has 0 aromatic carbocycles. The van der Waals surface area contributed by atoms with Gasteiger partial charge in [0.15, 0.2) is 5.22 Å². The van der Waals surface area contributed by atoms with Gasteiger partial charge in [0.05, 0.1) is 13.4 Å². The Balaban J connectivity index is 2.41. The lowest BCUT2D eigenvalue weighted by Crippen LogP contribution is -2.04. The lowest BCUT2D eigenvalue weighted by molar-refractivity contribution is 0.208. The van der Waals surface area contributed by atoms with Gasteiger partial charge in [-0.3, -0.25) is 4.98 Å². The number of ether oxygens (including phenoxy) is 1. The number of aliphatic hydroxyl groups excluding tert-OH is 1. The zero-order valence-electron chi connectivity index (χ0n) is 8.55. The Kier molecular flexibility index (Phi) is 3.12. The molecule has 5 heteroatoms. The number of pyridine rings is 1. The lowest BCUT2D eigenvalue weighted by Gasteiger charge is -2.12. The minimum Gasteiger partial charge on any atom is -0.495 e. The summed E-state index contributed by atoms with van der Waals surface area (Å²) < 4.78 is 10.0. The molecule has 2 rings (SSSR count). The molecule has 0 fully saturated rings. The Bertz CT molecular complexity index is 484. The van der Waals surface area contributed by atoms with Crippen LogP contribution < -0.4 is 4.74 Å². The number of hydrogen-bond acceptors (Lipinski definition) is 4. The van der Waals surface area contributed by atoms with Crippen LogP contribution in [0.4, 0.5) is 0 Å². The van der Waals surface area contributed by atoms with E-state index >= 15 is 0 Å². The van der Waals surface area contributed by atoms with E-state index in [4.69, 9.17) is 20.8 Å². The molecule has 2 aromatic heterocycles. The summed E-state index contributed by atoms with van der Waals surface area (Å²) >= 11 is 5.78. The number of halogens is 1. The first kappa shape index (κ1) is 11.0. The van der Waals surface area contributed by atoms with Gasteiger partial charge in [-0.05, 0) is 29.8 Å². The molecule has 4 nitrogen and oxygen atoms in total. The van der Waals surface area contributed by atoms with Crippen LogP contribution in [0.2, 0.25) is 5.22 Å². The van der Waals surface area contributed by atoms with Gasteiger partial charge in [0, 0.05) is 11.8 Å². The molecule has 0 aliphatic heterocycles. The van der Waals surface area contributed by atoms with Crippen molar-refractivity contribution < 1.29 is 14.3 Å². The third-order valence-corrected chi connectivity index (χ3v) is 2.53. The molecular formula is C11H10ClNO3. The third-order valence-electron chi connectivity index (χ3n) is 2.22. The van der Waals surface area contributed by atoms with Crippen LogP contribution in [0.15, 0.2) is 35.1 Å². The predicted octanol–water partition coefficient (Wildman–Crippen LogP) is 2.42. The van der Waals surface area contributed by atoms with Gasteiger partial charge in [0.1, 0.15) is 17.5 Å². The van der Waals surface area contributed by atoms with E-state index in [-0.39, 0.29) is 5.22 Å². The number of nitrogens with zero attached hydrogens (tertiary/aromatic N) is 1. The van der Waals surface area contributed by atoms with Crippen molar-refractivity contribution in [3.63, 3.8) is 0 Å². The van der Waals surface area contributed by atoms with Crippen LogP contribution in [0, 0.1) is 0 Å². The Morgan fingerprint density at radius 2 is 2.31 bits per heavy atom. The summed E-state index contributed by atoms with van der Waals surface area (Å²) in [5.41, 5.74) is 0.881. The fraction of sp³-hybridized carbons (Fsp3) is 0.182. The number of aromatic nitrogens is 1. The van der Waals surface area contributed by atoms with Crippen LogP contribution >= 0.6 is 11.6 Å². The average molecular weight is 240 g/mol. The Morgan fingerprint density at radius 1 is 1.50 bits per heavy atom. The smallest absolute Gasteiger partial charge is 0.199 e. The van der Waals surface area contributed by atoms with Gasteiger partial charge in [-0.1, -0.05) is 0 Å². The second kappa shape index (κ2) is 4.55. The third kappa shape index (κ3) is 1.89. The van der Waals surface area contributed by atoms with Gasteiger partial charge in [0.25, 0.3) is 0 Å². The van der Waals surface area contributed by atoms with Crippen molar-refractivity contribution in [2.24, 2.45) is 0 Å². The summed E-state index contributed by atoms with van der Waals surface area (Å²) in [6.07, 6.45) is 2.04. The van der Waals surface area contributed by atoms with Crippen molar-refractivity contribution in [1.82, 2.24) is 4.98 Å². The first-order chi connectivity index (χ1) is 7.74. The highest BCUT2D eigenvalue weighted by Crippen LogP contribution is 2.32. The molecule has 0 aliphatic rings. The van der Waals surface area contributed by atoms with E-state index in [9.17, 15) is 5.11 Å². The Labute approximate surface area is 97.4 Å². The molecule has 2 heterocycles. The predicted molar refractivity (Wildman–Crippen MR) is 58.6 cm³/mol. The van der Waals surface area contributed by atoms with Crippen LogP contribution in [-0.4, -0.2) is 17.2 Å². The van der Waals surface area contributed by atoms with E-state index in [0.29, 0.717) is 17.0 Å². The molecule has 0 amide bonds. The van der Waals surface area contributed by atoms with E-state index in [1.54, 1.807) is 24.4 Å². The summed E-state index contributed by atoms with van der Waals surface area (Å²) in [5, 5.41) is 10.2. The van der Waals surface area contributed by atoms with Crippen molar-refractivity contribution in [1.29, 1.82) is 0 Å². The Morgan fingerprint density at radius 3 is 2.94 bits per heavy atom. The van der Waals surface area contributed by atoms with E-state index in [0.717, 1.165) is 0 Å². The highest BCUT2D eigenvalue weighted by molar-refractivity contribution is 6.29. The molecule has 0 bridgehead atoms. The van der Waals surface area contributed by atoms with Crippen molar-refractivity contribution in [2.75, 3.05) is 7.11 Å². The number of rotatable bonds is 3. The van der Waals surface area contributed by atoms with Gasteiger partial charge in [-0.15, -0.1) is 0 Å². The Hall–Kier alpha value is -1.52. The largest absolute Gasteiger partial charge is 0.495 e. The molecule has 2 aromatic rings. The van der Waals surface area contributed by atoms with Gasteiger partial charge in [-0.25, -0.2) is 0 Å². The fourth-order valence-corrected chi connectivity index (χ4v) is 1.65. The normalized spacial score (nSPS) is 12.4. The molecule has 84 valence electrons. The summed E-state index contributed by atoms with van der Waals surface area (Å²) in [6.45, 7) is 0. The maximum Gasteiger partial charge on any atom is 0.199 e. The topological polar surface area (TPSA) is 55.5 Å². The minimum absolute atomic E-state index is 0.153. The first-order valence-corrected chi connectivity index (χ1v) is 5.01. The van der Waals surface area contributed by atoms with Gasteiger partial charge in [0.2, 0.25) is 0 Å². The molecule has 0 saturated carbocycles. The van der Waals surface area contributed by atoms with Crippen LogP contribution in [0.3, 0.4) is 0 Å². The van der Waals surface area contributed by atoms with E-state index in [2.05, 4.69) is 4.98 Å². The highest BCUT2D eigenvalue weighted by atomic mass is 35.5. The van der Waals surface area contributed by atoms with E-state index in [1.807, 2.05) is 0 Å². The molecule has 1 unspecified atom stereocenters. The molecule has 0 aliphatic carbocycles. The maximum atomic E-state index is 10.1. The van der Waals surface area contributed by atoms with Crippen molar-refractivity contribution in [3.8, 4) is 5.75 Å². The number of hydrogen-bond donors (Lipinski definition) is 1. The average Bonchev–Trinajstić information content (AvgIpc) is 2.74. The summed E-state index contributed by atoms with van der Waals surface area (Å²) in [7, 11) is 1.52. The van der Waals surface area contributed by atoms with E-state index in [1.165, 1.54) is 13.4 Å². The van der Waals surface area contributed by atoms with Crippen molar-refractivity contribution >= 4 is 11.6 Å². The van der Waals surface area contributed by atoms with Crippen LogP contribution in [0.25, 0.3) is 0 Å². The van der Waals surface area contributed by atoms with Crippen LogP contribution in [-0.2, 0) is 0 Å². The van der Waals surface area contributed by atoms with Gasteiger partial charge >= 0.3 is 0 Å². The molecule has 1 atom stereocenters. The van der Waals surface area contributed by atoms with E-state index < -0.39 is 6.10 Å². The first-order valence-electron chi connectivity index (χ1n) is 4.64. The van der Waals surface area contributed by atoms with Crippen molar-refractivity contribution in [3.05, 3.63) is 47.1 Å². The standard InChI is InChI=1S/C11H10ClNO3/c1-15-8-3-2-5-13-9(8)10(14)7-4-6-16-11(7)12/h2-6,10,14H,1H3. The molecule has 0 radical (unpaired) electrons. The van der Waals surface area contributed by atoms with Crippen LogP contribution in [0.1, 0.15) is 17.4 Å². The number of furan rings is 1. The summed E-state index contributed by atoms with van der Waals surface area (Å²) in [5.74, 6) is 0.507. The summed E-state index contributed by atoms with van der Waals surface area (Å²) in [6, 6.07) is 5.05. The second-order valence-corrected chi connectivity index (χ2v) is 3.49. The summed E-state index contributed by atoms with van der Waals surface area (Å²) in [4.78, 5) is 4.07. The lowest BCUT2D eigenvalue weighted by atomic mass is 10.1. The molecule has 1 N–H and O–H groups in total. The van der Waals surface area contributed by atoms with Gasteiger partial charge < -0.3 is 14.3 Å². The maximum absolute atomic E-state index is 10.1. The second-order valence-electron chi connectivity index (χ2n) is 3.14. The zero-order chi connectivity index (χ0) is 11.5. The number of methoxy groups -OCH3 is 1. The van der Waals surface area contributed by atoms with Crippen LogP contribution in [0.5, 0.6) is 5.75 Å². The molecule has 0 saturated heterocycles. The minimum atomic E-state index is -0.956. The highest BCUT2D eigenvalue weighted by Gasteiger charge is 2.20. The molecule has 16 heavy (non-hydrogen) atoms. The zero-order valence-corrected chi connectivity index (χ0v) is 9.31. The quantitative estimate of drug-likeness (QED) is 0.894. The fourth-order valence-electron chi connectivity index (χ4n) is 1.43. The van der Waals surface area contributed by atoms with Crippen molar-refractivity contribution in [2.45, 2.75) is 6.10 Å². The SMILES string of the molecule is COc1cccnc1C(O)c1ccoc1Cl. The molecular weight excluding hydrogens is 230 g/mol. The number of aliphatic hydroxyl groups is 1. The molecule has 0 spiro atoms. The van der Waals surface area contributed by atoms with Gasteiger partial charge in [-0.2, -0.15) is 0 Å².